The van der Waals surface area contributed by atoms with Crippen molar-refractivity contribution in [3.63, 3.8) is 0 Å². The molecule has 1 aliphatic rings. The van der Waals surface area contributed by atoms with Gasteiger partial charge in [-0.2, -0.15) is 0 Å². The number of nitrogens with zero attached hydrogens (tertiary/aromatic N) is 1. The van der Waals surface area contributed by atoms with Crippen LogP contribution in [0.2, 0.25) is 0 Å². The summed E-state index contributed by atoms with van der Waals surface area (Å²) in [7, 11) is 3.87. The summed E-state index contributed by atoms with van der Waals surface area (Å²) in [6, 6.07) is 0. The Hall–Kier alpha value is -1.51. The van der Waals surface area contributed by atoms with Crippen molar-refractivity contribution >= 4 is 5.78 Å². The van der Waals surface area contributed by atoms with E-state index in [0.29, 0.717) is 17.1 Å². The lowest BCUT2D eigenvalue weighted by Crippen LogP contribution is -2.28. The first-order valence-corrected chi connectivity index (χ1v) is 7.15. The normalized spacial score (nSPS) is 20.8. The van der Waals surface area contributed by atoms with Crippen molar-refractivity contribution in [1.29, 1.82) is 0 Å². The molecule has 0 spiro atoms. The highest BCUT2D eigenvalue weighted by Gasteiger charge is 2.37. The predicted octanol–water partition coefficient (Wildman–Crippen LogP) is 3.85. The van der Waals surface area contributed by atoms with Crippen molar-refractivity contribution < 1.29 is 9.90 Å². The number of carbonyl (C=O) groups excluding carboxylic acids is 1. The summed E-state index contributed by atoms with van der Waals surface area (Å²) in [4.78, 5) is 14.3. The summed E-state index contributed by atoms with van der Waals surface area (Å²) < 4.78 is 0. The van der Waals surface area contributed by atoms with Crippen LogP contribution in [0.15, 0.2) is 33.7 Å². The van der Waals surface area contributed by atoms with E-state index in [0.717, 1.165) is 16.8 Å². The van der Waals surface area contributed by atoms with Gasteiger partial charge in [-0.1, -0.05) is 26.3 Å². The molecule has 3 heteroatoms. The summed E-state index contributed by atoms with van der Waals surface area (Å²) in [5.41, 5.74) is 3.83. The lowest BCUT2D eigenvalue weighted by molar-refractivity contribution is -0.113. The third kappa shape index (κ3) is 2.67. The lowest BCUT2D eigenvalue weighted by Gasteiger charge is -2.29. The molecule has 20 heavy (non-hydrogen) atoms. The standard InChI is InChI=1S/C17H27NO2/c1-9(2)10(3)11(4)14-16(19)15(17(14)20)12(5)13(6)18(7)8/h9-10,19H,1-8H3/b13-12+,14-11-. The molecule has 0 aromatic heterocycles. The van der Waals surface area contributed by atoms with Crippen molar-refractivity contribution in [3.05, 3.63) is 33.7 Å². The molecule has 1 aliphatic carbocycles. The van der Waals surface area contributed by atoms with E-state index < -0.39 is 0 Å². The summed E-state index contributed by atoms with van der Waals surface area (Å²) in [6.07, 6.45) is 0. The molecular weight excluding hydrogens is 250 g/mol. The Bertz CT molecular complexity index is 519. The molecule has 1 unspecified atom stereocenters. The number of aliphatic hydroxyl groups is 1. The largest absolute Gasteiger partial charge is 0.506 e. The van der Waals surface area contributed by atoms with E-state index in [1.54, 1.807) is 0 Å². The molecule has 0 aromatic rings. The number of allylic oxidation sites excluding steroid dienone is 5. The van der Waals surface area contributed by atoms with Gasteiger partial charge in [0, 0.05) is 19.8 Å². The number of ketones is 1. The van der Waals surface area contributed by atoms with Crippen LogP contribution >= 0.6 is 0 Å². The fourth-order valence-corrected chi connectivity index (χ4v) is 2.36. The number of hydrogen-bond acceptors (Lipinski definition) is 3. The van der Waals surface area contributed by atoms with E-state index in [4.69, 9.17) is 0 Å². The molecule has 0 amide bonds. The van der Waals surface area contributed by atoms with E-state index in [-0.39, 0.29) is 17.5 Å². The van der Waals surface area contributed by atoms with Crippen LogP contribution in [0.4, 0.5) is 0 Å². The van der Waals surface area contributed by atoms with Crippen molar-refractivity contribution in [1.82, 2.24) is 4.90 Å². The highest BCUT2D eigenvalue weighted by molar-refractivity contribution is 6.22. The minimum Gasteiger partial charge on any atom is -0.506 e. The maximum atomic E-state index is 12.4. The first-order valence-electron chi connectivity index (χ1n) is 7.15. The maximum Gasteiger partial charge on any atom is 0.200 e. The van der Waals surface area contributed by atoms with Crippen molar-refractivity contribution in [3.8, 4) is 0 Å². The lowest BCUT2D eigenvalue weighted by atomic mass is 9.76. The molecule has 0 aromatic carbocycles. The second kappa shape index (κ2) is 5.86. The van der Waals surface area contributed by atoms with Gasteiger partial charge in [-0.25, -0.2) is 0 Å². The Morgan fingerprint density at radius 2 is 1.60 bits per heavy atom. The average Bonchev–Trinajstić information content (AvgIpc) is 2.36. The van der Waals surface area contributed by atoms with Gasteiger partial charge >= 0.3 is 0 Å². The SMILES string of the molecule is C/C(=C1/C(=O)C(C(/C)=C(\C)N(C)C)=C1O)C(C)C(C)C. The van der Waals surface area contributed by atoms with Gasteiger partial charge in [0.1, 0.15) is 5.76 Å². The van der Waals surface area contributed by atoms with E-state index in [9.17, 15) is 9.90 Å². The average molecular weight is 277 g/mol. The van der Waals surface area contributed by atoms with Crippen LogP contribution in [0, 0.1) is 11.8 Å². The first-order chi connectivity index (χ1) is 9.11. The van der Waals surface area contributed by atoms with Gasteiger partial charge in [0.15, 0.2) is 0 Å². The van der Waals surface area contributed by atoms with Crippen molar-refractivity contribution in [2.24, 2.45) is 11.8 Å². The fraction of sp³-hybridized carbons (Fsp3) is 0.588. The molecule has 0 bridgehead atoms. The van der Waals surface area contributed by atoms with Gasteiger partial charge < -0.3 is 10.0 Å². The van der Waals surface area contributed by atoms with Crippen LogP contribution in [0.3, 0.4) is 0 Å². The number of aliphatic hydroxyl groups excluding tert-OH is 1. The molecule has 3 nitrogen and oxygen atoms in total. The van der Waals surface area contributed by atoms with Crippen LogP contribution in [-0.2, 0) is 4.79 Å². The highest BCUT2D eigenvalue weighted by Crippen LogP contribution is 2.39. The Labute approximate surface area is 122 Å². The zero-order valence-corrected chi connectivity index (χ0v) is 14.0. The summed E-state index contributed by atoms with van der Waals surface area (Å²) in [6.45, 7) is 12.1. The number of rotatable bonds is 4. The number of Topliss-reactive ketones (excluding diaryl/α,β-unsaturated/α-hetero) is 1. The minimum absolute atomic E-state index is 0.0220. The Morgan fingerprint density at radius 3 is 1.95 bits per heavy atom. The smallest absolute Gasteiger partial charge is 0.200 e. The second-order valence-corrected chi connectivity index (χ2v) is 6.25. The van der Waals surface area contributed by atoms with Gasteiger partial charge in [0.05, 0.1) is 11.1 Å². The molecule has 112 valence electrons. The third-order valence-electron chi connectivity index (χ3n) is 4.59. The molecule has 0 saturated heterocycles. The van der Waals surface area contributed by atoms with Crippen LogP contribution in [-0.4, -0.2) is 29.9 Å². The highest BCUT2D eigenvalue weighted by atomic mass is 16.3. The molecule has 0 fully saturated rings. The van der Waals surface area contributed by atoms with E-state index in [2.05, 4.69) is 20.8 Å². The molecule has 0 heterocycles. The molecule has 1 atom stereocenters. The number of hydrogen-bond donors (Lipinski definition) is 1. The maximum absolute atomic E-state index is 12.4. The van der Waals surface area contributed by atoms with Crippen LogP contribution in [0.25, 0.3) is 0 Å². The minimum atomic E-state index is -0.0220. The zero-order valence-electron chi connectivity index (χ0n) is 14.0. The van der Waals surface area contributed by atoms with Gasteiger partial charge in [-0.05, 0) is 38.2 Å². The quantitative estimate of drug-likeness (QED) is 0.794. The van der Waals surface area contributed by atoms with E-state index in [1.807, 2.05) is 39.8 Å². The Morgan fingerprint density at radius 1 is 1.10 bits per heavy atom. The summed E-state index contributed by atoms with van der Waals surface area (Å²) in [5.74, 6) is 0.883. The molecular formula is C17H27NO2. The van der Waals surface area contributed by atoms with Gasteiger partial charge in [0.2, 0.25) is 5.78 Å². The number of carbonyl (C=O) groups is 1. The van der Waals surface area contributed by atoms with Gasteiger partial charge in [-0.3, -0.25) is 4.79 Å². The van der Waals surface area contributed by atoms with Crippen LogP contribution < -0.4 is 0 Å². The summed E-state index contributed by atoms with van der Waals surface area (Å²) >= 11 is 0. The first kappa shape index (κ1) is 16.5. The Balaban J connectivity index is 3.28. The van der Waals surface area contributed by atoms with Gasteiger partial charge in [0.25, 0.3) is 0 Å². The Kier molecular flexibility index (Phi) is 4.85. The predicted molar refractivity (Wildman–Crippen MR) is 83.4 cm³/mol. The third-order valence-corrected chi connectivity index (χ3v) is 4.59. The monoisotopic (exact) mass is 277 g/mol. The van der Waals surface area contributed by atoms with Crippen molar-refractivity contribution in [2.45, 2.75) is 41.5 Å². The molecule has 1 rings (SSSR count). The topological polar surface area (TPSA) is 40.5 Å². The fourth-order valence-electron chi connectivity index (χ4n) is 2.36. The summed E-state index contributed by atoms with van der Waals surface area (Å²) in [5, 5.41) is 10.3. The molecule has 0 aliphatic heterocycles. The molecule has 0 saturated carbocycles. The second-order valence-electron chi connectivity index (χ2n) is 6.25. The van der Waals surface area contributed by atoms with Crippen LogP contribution in [0.1, 0.15) is 41.5 Å². The van der Waals surface area contributed by atoms with E-state index >= 15 is 0 Å². The van der Waals surface area contributed by atoms with Gasteiger partial charge in [-0.15, -0.1) is 0 Å². The molecule has 1 N–H and O–H groups in total. The van der Waals surface area contributed by atoms with Crippen molar-refractivity contribution in [2.75, 3.05) is 14.1 Å². The van der Waals surface area contributed by atoms with Crippen LogP contribution in [0.5, 0.6) is 0 Å². The van der Waals surface area contributed by atoms with E-state index in [1.165, 1.54) is 0 Å². The zero-order chi connectivity index (χ0) is 15.8. The molecule has 0 radical (unpaired) electrons.